The van der Waals surface area contributed by atoms with Crippen LogP contribution in [0.5, 0.6) is 0 Å². The van der Waals surface area contributed by atoms with E-state index in [1.165, 1.54) is 18.3 Å². The lowest BCUT2D eigenvalue weighted by Gasteiger charge is -2.36. The zero-order chi connectivity index (χ0) is 23.2. The topological polar surface area (TPSA) is 90.5 Å². The Morgan fingerprint density at radius 2 is 1.73 bits per heavy atom. The minimum atomic E-state index is -4.49. The first-order valence-electron chi connectivity index (χ1n) is 11.0. The summed E-state index contributed by atoms with van der Waals surface area (Å²) in [7, 11) is 0. The molecule has 0 bridgehead atoms. The van der Waals surface area contributed by atoms with E-state index in [0.717, 1.165) is 32.0 Å². The molecule has 8 nitrogen and oxygen atoms in total. The number of alkyl halides is 3. The second kappa shape index (κ2) is 8.29. The maximum absolute atomic E-state index is 13.0. The molecule has 2 N–H and O–H groups in total. The van der Waals surface area contributed by atoms with Gasteiger partial charge in [-0.25, -0.2) is 9.97 Å². The SMILES string of the molecule is O=c1c(NCCN2CCN(c3nccc4nc(C(F)(F)F)ccc34)CC2)c(NC2CC2)c1=O. The van der Waals surface area contributed by atoms with Gasteiger partial charge in [0.05, 0.1) is 5.52 Å². The van der Waals surface area contributed by atoms with Gasteiger partial charge in [-0.1, -0.05) is 0 Å². The molecule has 0 atom stereocenters. The van der Waals surface area contributed by atoms with E-state index in [9.17, 15) is 22.8 Å². The summed E-state index contributed by atoms with van der Waals surface area (Å²) in [5, 5.41) is 6.80. The number of nitrogens with one attached hydrogen (secondary N) is 2. The summed E-state index contributed by atoms with van der Waals surface area (Å²) in [6.07, 6.45) is -0.959. The molecule has 1 aromatic carbocycles. The number of anilines is 3. The number of rotatable bonds is 7. The van der Waals surface area contributed by atoms with Crippen molar-refractivity contribution in [3.63, 3.8) is 0 Å². The third-order valence-corrected chi connectivity index (χ3v) is 6.12. The number of hydrogen-bond donors (Lipinski definition) is 2. The monoisotopic (exact) mass is 460 g/mol. The molecule has 0 radical (unpaired) electrons. The molecule has 3 heterocycles. The fraction of sp³-hybridized carbons (Fsp3) is 0.455. The van der Waals surface area contributed by atoms with Gasteiger partial charge in [0, 0.05) is 56.9 Å². The first-order valence-corrected chi connectivity index (χ1v) is 11.0. The minimum Gasteiger partial charge on any atom is -0.379 e. The van der Waals surface area contributed by atoms with Gasteiger partial charge in [0.15, 0.2) is 0 Å². The lowest BCUT2D eigenvalue weighted by atomic mass is 10.2. The number of hydrogen-bond acceptors (Lipinski definition) is 8. The standard InChI is InChI=1S/C22H23F3N6O2/c23-22(24,25)16-4-3-14-15(29-16)5-6-27-21(14)31-11-9-30(10-12-31)8-7-26-17-18(20(33)19(17)32)28-13-1-2-13/h3-6,13,26,28H,1-2,7-12H2. The molecular formula is C22H23F3N6O2. The van der Waals surface area contributed by atoms with Gasteiger partial charge in [0.25, 0.3) is 10.9 Å². The number of nitrogens with zero attached hydrogens (tertiary/aromatic N) is 4. The Bertz CT molecular complexity index is 1240. The van der Waals surface area contributed by atoms with Gasteiger partial charge in [-0.3, -0.25) is 14.5 Å². The maximum atomic E-state index is 13.0. The van der Waals surface area contributed by atoms with Crippen LogP contribution in [0.4, 0.5) is 30.4 Å². The quantitative estimate of drug-likeness (QED) is 0.518. The van der Waals surface area contributed by atoms with Gasteiger partial charge >= 0.3 is 6.18 Å². The summed E-state index contributed by atoms with van der Waals surface area (Å²) in [5.74, 6) is 0.631. The van der Waals surface area contributed by atoms with Crippen molar-refractivity contribution >= 4 is 28.1 Å². The summed E-state index contributed by atoms with van der Waals surface area (Å²) < 4.78 is 38.9. The van der Waals surface area contributed by atoms with Crippen molar-refractivity contribution < 1.29 is 13.2 Å². The molecule has 2 aliphatic rings. The predicted octanol–water partition coefficient (Wildman–Crippen LogP) is 2.05. The van der Waals surface area contributed by atoms with Crippen molar-refractivity contribution in [1.29, 1.82) is 0 Å². The molecule has 0 spiro atoms. The highest BCUT2D eigenvalue weighted by molar-refractivity contribution is 5.89. The summed E-state index contributed by atoms with van der Waals surface area (Å²) in [6, 6.07) is 4.22. The van der Waals surface area contributed by atoms with Crippen molar-refractivity contribution in [3.05, 3.63) is 50.5 Å². The molecule has 1 saturated carbocycles. The molecule has 0 unspecified atom stereocenters. The average Bonchev–Trinajstić information content (AvgIpc) is 3.64. The smallest absolute Gasteiger partial charge is 0.379 e. The fourth-order valence-electron chi connectivity index (χ4n) is 4.10. The predicted molar refractivity (Wildman–Crippen MR) is 120 cm³/mol. The lowest BCUT2D eigenvalue weighted by Crippen LogP contribution is -2.48. The molecule has 174 valence electrons. The normalized spacial score (nSPS) is 17.6. The number of piperazine rings is 1. The molecular weight excluding hydrogens is 437 g/mol. The van der Waals surface area contributed by atoms with Crippen LogP contribution in [-0.4, -0.2) is 60.2 Å². The van der Waals surface area contributed by atoms with Crippen LogP contribution >= 0.6 is 0 Å². The van der Waals surface area contributed by atoms with E-state index in [-0.39, 0.29) is 5.52 Å². The van der Waals surface area contributed by atoms with Crippen molar-refractivity contribution in [2.75, 3.05) is 54.8 Å². The van der Waals surface area contributed by atoms with Crippen LogP contribution in [0.3, 0.4) is 0 Å². The summed E-state index contributed by atoms with van der Waals surface area (Å²) in [4.78, 5) is 36.0. The van der Waals surface area contributed by atoms with Gasteiger partial charge < -0.3 is 15.5 Å². The van der Waals surface area contributed by atoms with Crippen LogP contribution in [0.2, 0.25) is 0 Å². The Morgan fingerprint density at radius 1 is 1.00 bits per heavy atom. The summed E-state index contributed by atoms with van der Waals surface area (Å²) >= 11 is 0. The largest absolute Gasteiger partial charge is 0.433 e. The average molecular weight is 460 g/mol. The van der Waals surface area contributed by atoms with E-state index in [2.05, 4.69) is 30.4 Å². The maximum Gasteiger partial charge on any atom is 0.433 e. The zero-order valence-corrected chi connectivity index (χ0v) is 17.8. The van der Waals surface area contributed by atoms with E-state index in [4.69, 9.17) is 0 Å². The molecule has 1 aliphatic carbocycles. The van der Waals surface area contributed by atoms with Gasteiger partial charge in [-0.15, -0.1) is 0 Å². The molecule has 33 heavy (non-hydrogen) atoms. The first-order chi connectivity index (χ1) is 15.8. The van der Waals surface area contributed by atoms with Gasteiger partial charge in [0.1, 0.15) is 22.9 Å². The molecule has 2 aromatic heterocycles. The third kappa shape index (κ3) is 4.37. The number of pyridine rings is 2. The van der Waals surface area contributed by atoms with E-state index in [1.54, 1.807) is 0 Å². The van der Waals surface area contributed by atoms with Crippen molar-refractivity contribution in [2.24, 2.45) is 0 Å². The molecule has 3 aromatic rings. The molecule has 11 heteroatoms. The third-order valence-electron chi connectivity index (χ3n) is 6.12. The van der Waals surface area contributed by atoms with E-state index >= 15 is 0 Å². The molecule has 0 amide bonds. The number of fused-ring (bicyclic) bond motifs is 1. The second-order valence-electron chi connectivity index (χ2n) is 8.48. The molecule has 1 saturated heterocycles. The Labute approximate surface area is 187 Å². The highest BCUT2D eigenvalue weighted by Gasteiger charge is 2.33. The number of halogens is 3. The Hall–Kier alpha value is -3.21. The lowest BCUT2D eigenvalue weighted by molar-refractivity contribution is -0.140. The highest BCUT2D eigenvalue weighted by atomic mass is 19.4. The minimum absolute atomic E-state index is 0.269. The molecule has 5 rings (SSSR count). The molecule has 2 fully saturated rings. The van der Waals surface area contributed by atoms with Crippen LogP contribution in [0.1, 0.15) is 18.5 Å². The van der Waals surface area contributed by atoms with E-state index in [1.807, 2.05) is 0 Å². The van der Waals surface area contributed by atoms with Crippen molar-refractivity contribution in [2.45, 2.75) is 25.1 Å². The van der Waals surface area contributed by atoms with Crippen LogP contribution < -0.4 is 26.4 Å². The van der Waals surface area contributed by atoms with Crippen LogP contribution in [0.15, 0.2) is 34.0 Å². The Morgan fingerprint density at radius 3 is 2.42 bits per heavy atom. The summed E-state index contributed by atoms with van der Waals surface area (Å²) in [6.45, 7) is 4.07. The van der Waals surface area contributed by atoms with Crippen LogP contribution in [-0.2, 0) is 6.18 Å². The van der Waals surface area contributed by atoms with E-state index < -0.39 is 22.7 Å². The van der Waals surface area contributed by atoms with Crippen LogP contribution in [0.25, 0.3) is 10.9 Å². The van der Waals surface area contributed by atoms with Gasteiger partial charge in [-0.05, 0) is 31.0 Å². The second-order valence-corrected chi connectivity index (χ2v) is 8.48. The Balaban J connectivity index is 1.17. The summed E-state index contributed by atoms with van der Waals surface area (Å²) in [5.41, 5.74) is -0.760. The van der Waals surface area contributed by atoms with Crippen molar-refractivity contribution in [3.8, 4) is 0 Å². The fourth-order valence-corrected chi connectivity index (χ4v) is 4.10. The van der Waals surface area contributed by atoms with Gasteiger partial charge in [-0.2, -0.15) is 13.2 Å². The highest BCUT2D eigenvalue weighted by Crippen LogP contribution is 2.31. The molecule has 1 aliphatic heterocycles. The zero-order valence-electron chi connectivity index (χ0n) is 17.8. The number of aromatic nitrogens is 2. The first kappa shape index (κ1) is 21.6. The van der Waals surface area contributed by atoms with Crippen LogP contribution in [0, 0.1) is 0 Å². The van der Waals surface area contributed by atoms with Crippen molar-refractivity contribution in [1.82, 2.24) is 14.9 Å². The van der Waals surface area contributed by atoms with E-state index in [0.29, 0.717) is 54.8 Å². The van der Waals surface area contributed by atoms with Gasteiger partial charge in [0.2, 0.25) is 0 Å². The Kier molecular flexibility index (Phi) is 5.43.